The lowest BCUT2D eigenvalue weighted by atomic mass is 10.1. The van der Waals surface area contributed by atoms with E-state index >= 15 is 0 Å². The van der Waals surface area contributed by atoms with E-state index in [4.69, 9.17) is 11.5 Å². The molecular weight excluding hydrogens is 289 g/mol. The first kappa shape index (κ1) is 16.5. The van der Waals surface area contributed by atoms with Gasteiger partial charge in [0.2, 0.25) is 5.91 Å². The van der Waals surface area contributed by atoms with Crippen molar-refractivity contribution in [3.8, 4) is 12.3 Å². The highest BCUT2D eigenvalue weighted by atomic mass is 19.4. The molecule has 0 aliphatic heterocycles. The number of amides is 1. The highest BCUT2D eigenvalue weighted by molar-refractivity contribution is 5.95. The van der Waals surface area contributed by atoms with Crippen molar-refractivity contribution in [2.45, 2.75) is 6.18 Å². The molecule has 0 aromatic heterocycles. The number of alkyl halides is 3. The van der Waals surface area contributed by atoms with Crippen LogP contribution in [0.2, 0.25) is 0 Å². The number of hydrogen-bond acceptors (Lipinski definition) is 3. The lowest BCUT2D eigenvalue weighted by Crippen LogP contribution is -2.28. The molecule has 112 valence electrons. The summed E-state index contributed by atoms with van der Waals surface area (Å²) in [5, 5.41) is 13.5. The Morgan fingerprint density at radius 3 is 2.48 bits per heavy atom. The lowest BCUT2D eigenvalue weighted by molar-refractivity contribution is -0.137. The van der Waals surface area contributed by atoms with E-state index in [-0.39, 0.29) is 18.8 Å². The van der Waals surface area contributed by atoms with Gasteiger partial charge in [0.25, 0.3) is 0 Å². The van der Waals surface area contributed by atoms with E-state index in [0.29, 0.717) is 12.1 Å². The van der Waals surface area contributed by atoms with E-state index in [1.54, 1.807) is 0 Å². The van der Waals surface area contributed by atoms with Gasteiger partial charge in [-0.1, -0.05) is 5.92 Å². The van der Waals surface area contributed by atoms with E-state index in [1.807, 2.05) is 0 Å². The minimum Gasteiger partial charge on any atom is -0.478 e. The summed E-state index contributed by atoms with van der Waals surface area (Å²) < 4.78 is 38.0. The van der Waals surface area contributed by atoms with E-state index in [9.17, 15) is 22.8 Å². The van der Waals surface area contributed by atoms with Crippen molar-refractivity contribution >= 4 is 17.6 Å². The second-order valence-corrected chi connectivity index (χ2v) is 3.96. The summed E-state index contributed by atoms with van der Waals surface area (Å²) >= 11 is 0. The SMILES string of the molecule is C#CCNCC(=O)Nc1cc(C(=O)O)cc(C(F)(F)F)c1. The Morgan fingerprint density at radius 1 is 1.29 bits per heavy atom. The Morgan fingerprint density at radius 2 is 1.95 bits per heavy atom. The van der Waals surface area contributed by atoms with Gasteiger partial charge in [-0.3, -0.25) is 10.1 Å². The van der Waals surface area contributed by atoms with Crippen molar-refractivity contribution in [1.82, 2.24) is 5.32 Å². The summed E-state index contributed by atoms with van der Waals surface area (Å²) in [6, 6.07) is 2.09. The van der Waals surface area contributed by atoms with Gasteiger partial charge < -0.3 is 10.4 Å². The number of terminal acetylenes is 1. The minimum atomic E-state index is -4.72. The highest BCUT2D eigenvalue weighted by Gasteiger charge is 2.32. The molecule has 21 heavy (non-hydrogen) atoms. The summed E-state index contributed by atoms with van der Waals surface area (Å²) in [7, 11) is 0. The summed E-state index contributed by atoms with van der Waals surface area (Å²) in [6.45, 7) is -0.0841. The zero-order valence-electron chi connectivity index (χ0n) is 10.6. The molecule has 0 aliphatic rings. The topological polar surface area (TPSA) is 78.4 Å². The monoisotopic (exact) mass is 300 g/mol. The van der Waals surface area contributed by atoms with Gasteiger partial charge in [-0.05, 0) is 18.2 Å². The van der Waals surface area contributed by atoms with Crippen LogP contribution in [0.15, 0.2) is 18.2 Å². The van der Waals surface area contributed by atoms with E-state index in [0.717, 1.165) is 6.07 Å². The van der Waals surface area contributed by atoms with Crippen LogP contribution in [0.4, 0.5) is 18.9 Å². The lowest BCUT2D eigenvalue weighted by Gasteiger charge is -2.11. The Labute approximate surface area is 118 Å². The smallest absolute Gasteiger partial charge is 0.416 e. The Hall–Kier alpha value is -2.53. The van der Waals surface area contributed by atoms with Gasteiger partial charge >= 0.3 is 12.1 Å². The summed E-state index contributed by atoms with van der Waals surface area (Å²) in [5.41, 5.74) is -1.99. The third-order valence-electron chi connectivity index (χ3n) is 2.30. The van der Waals surface area contributed by atoms with Crippen LogP contribution in [0.5, 0.6) is 0 Å². The number of carboxylic acid groups (broad SMARTS) is 1. The molecule has 1 rings (SSSR count). The van der Waals surface area contributed by atoms with Crippen LogP contribution in [0.1, 0.15) is 15.9 Å². The number of carboxylic acids is 1. The Kier molecular flexibility index (Phi) is 5.32. The van der Waals surface area contributed by atoms with Crippen molar-refractivity contribution < 1.29 is 27.9 Å². The fraction of sp³-hybridized carbons (Fsp3) is 0.231. The summed E-state index contributed by atoms with van der Waals surface area (Å²) in [6.07, 6.45) is 0.238. The number of rotatable bonds is 5. The molecule has 0 spiro atoms. The quantitative estimate of drug-likeness (QED) is 0.570. The Bertz CT molecular complexity index is 591. The maximum atomic E-state index is 12.7. The van der Waals surface area contributed by atoms with Crippen LogP contribution in [-0.4, -0.2) is 30.1 Å². The summed E-state index contributed by atoms with van der Waals surface area (Å²) in [4.78, 5) is 22.3. The molecule has 1 amide bonds. The molecular formula is C13H11F3N2O3. The molecule has 1 aromatic rings. The zero-order valence-corrected chi connectivity index (χ0v) is 10.6. The van der Waals surface area contributed by atoms with Crippen molar-refractivity contribution in [2.24, 2.45) is 0 Å². The predicted octanol–water partition coefficient (Wildman–Crippen LogP) is 1.56. The number of carbonyl (C=O) groups is 2. The number of benzene rings is 1. The van der Waals surface area contributed by atoms with Crippen LogP contribution in [0, 0.1) is 12.3 Å². The molecule has 0 aliphatic carbocycles. The maximum Gasteiger partial charge on any atom is 0.416 e. The van der Waals surface area contributed by atoms with Crippen LogP contribution in [-0.2, 0) is 11.0 Å². The average Bonchev–Trinajstić information content (AvgIpc) is 2.37. The number of carbonyl (C=O) groups excluding carboxylic acids is 1. The number of halogens is 3. The van der Waals surface area contributed by atoms with E-state index in [1.165, 1.54) is 0 Å². The van der Waals surface area contributed by atoms with Gasteiger partial charge in [0.05, 0.1) is 24.2 Å². The molecule has 0 bridgehead atoms. The fourth-order valence-electron chi connectivity index (χ4n) is 1.44. The molecule has 0 fully saturated rings. The molecule has 0 heterocycles. The van der Waals surface area contributed by atoms with Crippen LogP contribution >= 0.6 is 0 Å². The van der Waals surface area contributed by atoms with Gasteiger partial charge in [0, 0.05) is 5.69 Å². The van der Waals surface area contributed by atoms with E-state index in [2.05, 4.69) is 16.6 Å². The number of anilines is 1. The highest BCUT2D eigenvalue weighted by Crippen LogP contribution is 2.32. The normalized spacial score (nSPS) is 10.8. The maximum absolute atomic E-state index is 12.7. The first-order valence-corrected chi connectivity index (χ1v) is 5.63. The first-order chi connectivity index (χ1) is 9.74. The molecule has 1 aromatic carbocycles. The van der Waals surface area contributed by atoms with Gasteiger partial charge in [0.1, 0.15) is 0 Å². The molecule has 8 heteroatoms. The number of hydrogen-bond donors (Lipinski definition) is 3. The molecule has 0 saturated carbocycles. The van der Waals surface area contributed by atoms with E-state index < -0.39 is 29.2 Å². The largest absolute Gasteiger partial charge is 0.478 e. The fourth-order valence-corrected chi connectivity index (χ4v) is 1.44. The van der Waals surface area contributed by atoms with Crippen molar-refractivity contribution in [1.29, 1.82) is 0 Å². The zero-order chi connectivity index (χ0) is 16.0. The van der Waals surface area contributed by atoms with Gasteiger partial charge in [-0.2, -0.15) is 13.2 Å². The summed E-state index contributed by atoms with van der Waals surface area (Å²) in [5.74, 6) is 0.0585. The Balaban J connectivity index is 2.96. The average molecular weight is 300 g/mol. The molecule has 5 nitrogen and oxygen atoms in total. The van der Waals surface area contributed by atoms with Crippen LogP contribution in [0.3, 0.4) is 0 Å². The number of nitrogens with one attached hydrogen (secondary N) is 2. The van der Waals surface area contributed by atoms with Gasteiger partial charge in [-0.15, -0.1) is 6.42 Å². The van der Waals surface area contributed by atoms with Crippen molar-refractivity contribution in [3.05, 3.63) is 29.3 Å². The third kappa shape index (κ3) is 5.16. The molecule has 0 radical (unpaired) electrons. The minimum absolute atomic E-state index is 0.121. The molecule has 0 atom stereocenters. The first-order valence-electron chi connectivity index (χ1n) is 5.63. The molecule has 0 saturated heterocycles. The third-order valence-corrected chi connectivity index (χ3v) is 2.30. The van der Waals surface area contributed by atoms with Crippen molar-refractivity contribution in [3.63, 3.8) is 0 Å². The van der Waals surface area contributed by atoms with Crippen LogP contribution < -0.4 is 10.6 Å². The molecule has 0 unspecified atom stereocenters. The van der Waals surface area contributed by atoms with Crippen molar-refractivity contribution in [2.75, 3.05) is 18.4 Å². The van der Waals surface area contributed by atoms with Crippen LogP contribution in [0.25, 0.3) is 0 Å². The van der Waals surface area contributed by atoms with Gasteiger partial charge in [-0.25, -0.2) is 4.79 Å². The molecule has 3 N–H and O–H groups in total. The predicted molar refractivity (Wildman–Crippen MR) is 68.7 cm³/mol. The second-order valence-electron chi connectivity index (χ2n) is 3.96. The standard InChI is InChI=1S/C13H11F3N2O3/c1-2-3-17-7-11(19)18-10-5-8(12(20)21)4-9(6-10)13(14,15)16/h1,4-6,17H,3,7H2,(H,18,19)(H,20,21). The number of aromatic carboxylic acids is 1. The second kappa shape index (κ2) is 6.76. The van der Waals surface area contributed by atoms with Gasteiger partial charge in [0.15, 0.2) is 0 Å².